The van der Waals surface area contributed by atoms with Crippen molar-refractivity contribution in [1.29, 1.82) is 0 Å². The van der Waals surface area contributed by atoms with Gasteiger partial charge in [-0.2, -0.15) is 0 Å². The van der Waals surface area contributed by atoms with Crippen LogP contribution >= 0.6 is 0 Å². The number of ether oxygens (including phenoxy) is 1. The minimum absolute atomic E-state index is 0.0439. The fourth-order valence-corrected chi connectivity index (χ4v) is 3.95. The molecule has 30 heavy (non-hydrogen) atoms. The Morgan fingerprint density at radius 2 is 1.70 bits per heavy atom. The van der Waals surface area contributed by atoms with Gasteiger partial charge in [0.15, 0.2) is 0 Å². The second kappa shape index (κ2) is 10.4. The first-order chi connectivity index (χ1) is 14.5. The van der Waals surface area contributed by atoms with Crippen molar-refractivity contribution in [2.45, 2.75) is 26.7 Å². The summed E-state index contributed by atoms with van der Waals surface area (Å²) in [5.41, 5.74) is 1.19. The number of morpholine rings is 1. The van der Waals surface area contributed by atoms with Gasteiger partial charge in [-0.15, -0.1) is 0 Å². The molecule has 1 aromatic carbocycles. The third-order valence-electron chi connectivity index (χ3n) is 5.85. The third-order valence-corrected chi connectivity index (χ3v) is 5.85. The highest BCUT2D eigenvalue weighted by Crippen LogP contribution is 2.21. The van der Waals surface area contributed by atoms with Crippen molar-refractivity contribution < 1.29 is 19.1 Å². The zero-order chi connectivity index (χ0) is 21.5. The van der Waals surface area contributed by atoms with Crippen molar-refractivity contribution in [3.05, 3.63) is 29.8 Å². The molecular formula is C22H32N4O4. The maximum absolute atomic E-state index is 12.7. The highest BCUT2D eigenvalue weighted by molar-refractivity contribution is 5.97. The average Bonchev–Trinajstić information content (AvgIpc) is 2.80. The Balaban J connectivity index is 1.54. The Kier molecular flexibility index (Phi) is 7.68. The summed E-state index contributed by atoms with van der Waals surface area (Å²) in [6.07, 6.45) is 1.29. The quantitative estimate of drug-likeness (QED) is 0.798. The van der Waals surface area contributed by atoms with Gasteiger partial charge in [0.2, 0.25) is 5.91 Å². The van der Waals surface area contributed by atoms with Gasteiger partial charge >= 0.3 is 6.03 Å². The van der Waals surface area contributed by atoms with E-state index in [1.165, 1.54) is 0 Å². The van der Waals surface area contributed by atoms with Gasteiger partial charge in [-0.3, -0.25) is 9.59 Å². The van der Waals surface area contributed by atoms with Gasteiger partial charge in [-0.25, -0.2) is 4.79 Å². The molecule has 2 fully saturated rings. The molecule has 0 aliphatic carbocycles. The maximum atomic E-state index is 12.7. The molecule has 8 heteroatoms. The lowest BCUT2D eigenvalue weighted by atomic mass is 9.96. The SMILES string of the molecule is CCN(CC)C(=O)N1CCC(C(=O)Nc2cccc(C(=O)N3CCOCC3)c2)CC1. The molecule has 0 aromatic heterocycles. The number of hydrogen-bond acceptors (Lipinski definition) is 4. The minimum Gasteiger partial charge on any atom is -0.378 e. The first kappa shape index (κ1) is 22.1. The monoisotopic (exact) mass is 416 g/mol. The molecule has 2 saturated heterocycles. The predicted molar refractivity (Wildman–Crippen MR) is 114 cm³/mol. The predicted octanol–water partition coefficient (Wildman–Crippen LogP) is 2.27. The molecule has 0 saturated carbocycles. The Hall–Kier alpha value is -2.61. The summed E-state index contributed by atoms with van der Waals surface area (Å²) in [5.74, 6) is -0.233. The van der Waals surface area contributed by atoms with Gasteiger partial charge in [0.05, 0.1) is 13.2 Å². The molecule has 164 valence electrons. The number of nitrogens with one attached hydrogen (secondary N) is 1. The van der Waals surface area contributed by atoms with Crippen LogP contribution in [0.3, 0.4) is 0 Å². The van der Waals surface area contributed by atoms with Crippen molar-refractivity contribution >= 4 is 23.5 Å². The van der Waals surface area contributed by atoms with Crippen LogP contribution in [0.5, 0.6) is 0 Å². The smallest absolute Gasteiger partial charge is 0.319 e. The standard InChI is InChI=1S/C22H32N4O4/c1-3-24(4-2)22(29)26-10-8-17(9-11-26)20(27)23-19-7-5-6-18(16-19)21(28)25-12-14-30-15-13-25/h5-7,16-17H,3-4,8-15H2,1-2H3,(H,23,27). The number of anilines is 1. The highest BCUT2D eigenvalue weighted by atomic mass is 16.5. The van der Waals surface area contributed by atoms with Gasteiger partial charge in [-0.05, 0) is 44.9 Å². The highest BCUT2D eigenvalue weighted by Gasteiger charge is 2.29. The largest absolute Gasteiger partial charge is 0.378 e. The Morgan fingerprint density at radius 3 is 2.33 bits per heavy atom. The fourth-order valence-electron chi connectivity index (χ4n) is 3.95. The molecule has 0 unspecified atom stereocenters. The molecule has 4 amide bonds. The molecule has 0 atom stereocenters. The lowest BCUT2D eigenvalue weighted by Gasteiger charge is -2.34. The number of amides is 4. The first-order valence-electron chi connectivity index (χ1n) is 10.8. The molecule has 1 N–H and O–H groups in total. The number of hydrogen-bond donors (Lipinski definition) is 1. The summed E-state index contributed by atoms with van der Waals surface area (Å²) in [6.45, 7) is 8.77. The fraction of sp³-hybridized carbons (Fsp3) is 0.591. The molecule has 0 radical (unpaired) electrons. The van der Waals surface area contributed by atoms with Crippen LogP contribution in [-0.2, 0) is 9.53 Å². The number of likely N-dealkylation sites (tertiary alicyclic amines) is 1. The Labute approximate surface area is 178 Å². The molecule has 0 spiro atoms. The summed E-state index contributed by atoms with van der Waals surface area (Å²) >= 11 is 0. The van der Waals surface area contributed by atoms with Crippen LogP contribution in [-0.4, -0.2) is 85.0 Å². The molecule has 0 bridgehead atoms. The maximum Gasteiger partial charge on any atom is 0.319 e. The minimum atomic E-state index is -0.135. The van der Waals surface area contributed by atoms with E-state index in [0.29, 0.717) is 76.6 Å². The van der Waals surface area contributed by atoms with Crippen molar-refractivity contribution in [3.63, 3.8) is 0 Å². The Morgan fingerprint density at radius 1 is 1.03 bits per heavy atom. The summed E-state index contributed by atoms with van der Waals surface area (Å²) in [4.78, 5) is 43.3. The number of rotatable bonds is 5. The van der Waals surface area contributed by atoms with Gasteiger partial charge in [0.1, 0.15) is 0 Å². The third kappa shape index (κ3) is 5.30. The van der Waals surface area contributed by atoms with E-state index in [9.17, 15) is 14.4 Å². The van der Waals surface area contributed by atoms with E-state index in [0.717, 1.165) is 0 Å². The molecule has 2 aliphatic rings. The van der Waals surface area contributed by atoms with Crippen molar-refractivity contribution in [2.75, 3.05) is 57.8 Å². The number of carbonyl (C=O) groups excluding carboxylic acids is 3. The summed E-state index contributed by atoms with van der Waals surface area (Å²) in [7, 11) is 0. The molecule has 3 rings (SSSR count). The summed E-state index contributed by atoms with van der Waals surface area (Å²) < 4.78 is 5.30. The van der Waals surface area contributed by atoms with E-state index >= 15 is 0 Å². The number of urea groups is 1. The van der Waals surface area contributed by atoms with E-state index in [4.69, 9.17) is 4.74 Å². The van der Waals surface area contributed by atoms with Gasteiger partial charge in [0.25, 0.3) is 5.91 Å². The second-order valence-corrected chi connectivity index (χ2v) is 7.69. The first-order valence-corrected chi connectivity index (χ1v) is 10.8. The van der Waals surface area contributed by atoms with Crippen LogP contribution in [0.25, 0.3) is 0 Å². The van der Waals surface area contributed by atoms with E-state index < -0.39 is 0 Å². The normalized spacial score (nSPS) is 17.5. The zero-order valence-electron chi connectivity index (χ0n) is 17.9. The van der Waals surface area contributed by atoms with Gasteiger partial charge in [0, 0.05) is 56.4 Å². The Bertz CT molecular complexity index is 751. The number of carbonyl (C=O) groups is 3. The van der Waals surface area contributed by atoms with E-state index in [1.54, 1.807) is 34.1 Å². The summed E-state index contributed by atoms with van der Waals surface area (Å²) in [6, 6.07) is 7.13. The molecular weight excluding hydrogens is 384 g/mol. The lowest BCUT2D eigenvalue weighted by Crippen LogP contribution is -2.47. The molecule has 8 nitrogen and oxygen atoms in total. The van der Waals surface area contributed by atoms with E-state index in [2.05, 4.69) is 5.32 Å². The van der Waals surface area contributed by atoms with Gasteiger partial charge in [-0.1, -0.05) is 6.07 Å². The average molecular weight is 417 g/mol. The van der Waals surface area contributed by atoms with Crippen LogP contribution in [0.1, 0.15) is 37.0 Å². The van der Waals surface area contributed by atoms with Crippen molar-refractivity contribution in [3.8, 4) is 0 Å². The number of nitrogens with zero attached hydrogens (tertiary/aromatic N) is 3. The topological polar surface area (TPSA) is 82.2 Å². The zero-order valence-corrected chi connectivity index (χ0v) is 17.9. The van der Waals surface area contributed by atoms with Crippen LogP contribution in [0, 0.1) is 5.92 Å². The van der Waals surface area contributed by atoms with Crippen LogP contribution in [0.2, 0.25) is 0 Å². The summed E-state index contributed by atoms with van der Waals surface area (Å²) in [5, 5.41) is 2.95. The van der Waals surface area contributed by atoms with Crippen LogP contribution in [0.4, 0.5) is 10.5 Å². The van der Waals surface area contributed by atoms with E-state index in [1.807, 2.05) is 18.7 Å². The second-order valence-electron chi connectivity index (χ2n) is 7.69. The van der Waals surface area contributed by atoms with E-state index in [-0.39, 0.29) is 23.8 Å². The number of piperidine rings is 1. The number of benzene rings is 1. The molecule has 1 aromatic rings. The van der Waals surface area contributed by atoms with Crippen molar-refractivity contribution in [1.82, 2.24) is 14.7 Å². The van der Waals surface area contributed by atoms with Crippen LogP contribution in [0.15, 0.2) is 24.3 Å². The lowest BCUT2D eigenvalue weighted by molar-refractivity contribution is -0.121. The molecule has 2 aliphatic heterocycles. The van der Waals surface area contributed by atoms with Crippen LogP contribution < -0.4 is 5.32 Å². The molecule has 2 heterocycles. The van der Waals surface area contributed by atoms with Crippen molar-refractivity contribution in [2.24, 2.45) is 5.92 Å². The van der Waals surface area contributed by atoms with Gasteiger partial charge < -0.3 is 24.8 Å².